The van der Waals surface area contributed by atoms with Gasteiger partial charge in [-0.15, -0.1) is 10.2 Å². The van der Waals surface area contributed by atoms with E-state index >= 15 is 0 Å². The molecule has 5 rings (SSSR count). The van der Waals surface area contributed by atoms with Crippen LogP contribution in [0, 0.1) is 0 Å². The number of alkyl halides is 3. The minimum Gasteiger partial charge on any atom is -0.497 e. The van der Waals surface area contributed by atoms with Crippen molar-refractivity contribution in [2.45, 2.75) is 6.18 Å². The zero-order valence-corrected chi connectivity index (χ0v) is 16.3. The van der Waals surface area contributed by atoms with Gasteiger partial charge in [0.2, 0.25) is 5.82 Å². The Hall–Kier alpha value is -3.94. The van der Waals surface area contributed by atoms with Crippen LogP contribution in [0.15, 0.2) is 60.7 Å². The summed E-state index contributed by atoms with van der Waals surface area (Å²) in [6.07, 6.45) is -1.19. The number of benzene rings is 3. The van der Waals surface area contributed by atoms with Gasteiger partial charge in [0, 0.05) is 0 Å². The van der Waals surface area contributed by atoms with Gasteiger partial charge in [0.25, 0.3) is 0 Å². The predicted molar refractivity (Wildman–Crippen MR) is 113 cm³/mol. The standard InChI is InChI=1S/C23H15F3N4O/c1-31-17-10-9-15-12-14(6-8-16(15)13-17)7-11-19-21-28-29-22(23(24,25)26)30(21)20-5-3-2-4-18(20)27-19/h2-13H,1H3/b11-7+. The van der Waals surface area contributed by atoms with Crippen LogP contribution in [0.1, 0.15) is 17.1 Å². The summed E-state index contributed by atoms with van der Waals surface area (Å²) >= 11 is 0. The minimum atomic E-state index is -4.63. The van der Waals surface area contributed by atoms with Gasteiger partial charge in [0.05, 0.1) is 18.1 Å². The van der Waals surface area contributed by atoms with Crippen LogP contribution in [0.3, 0.4) is 0 Å². The second kappa shape index (κ2) is 7.09. The Morgan fingerprint density at radius 2 is 1.68 bits per heavy atom. The lowest BCUT2D eigenvalue weighted by atomic mass is 10.1. The summed E-state index contributed by atoms with van der Waals surface area (Å²) in [7, 11) is 1.62. The van der Waals surface area contributed by atoms with Crippen LogP contribution in [-0.4, -0.2) is 26.7 Å². The van der Waals surface area contributed by atoms with E-state index in [1.165, 1.54) is 0 Å². The summed E-state index contributed by atoms with van der Waals surface area (Å²) in [5.74, 6) is -0.304. The summed E-state index contributed by atoms with van der Waals surface area (Å²) in [4.78, 5) is 4.50. The molecule has 0 fully saturated rings. The third kappa shape index (κ3) is 3.35. The molecule has 8 heteroatoms. The number of ether oxygens (including phenoxy) is 1. The smallest absolute Gasteiger partial charge is 0.452 e. The van der Waals surface area contributed by atoms with Crippen LogP contribution < -0.4 is 4.74 Å². The van der Waals surface area contributed by atoms with Crippen LogP contribution in [0.4, 0.5) is 13.2 Å². The van der Waals surface area contributed by atoms with Crippen molar-refractivity contribution in [2.75, 3.05) is 7.11 Å². The summed E-state index contributed by atoms with van der Waals surface area (Å²) < 4.78 is 46.7. The van der Waals surface area contributed by atoms with Gasteiger partial charge in [0.1, 0.15) is 11.4 Å². The molecule has 3 aromatic carbocycles. The van der Waals surface area contributed by atoms with Crippen molar-refractivity contribution >= 4 is 39.6 Å². The minimum absolute atomic E-state index is 0.0489. The van der Waals surface area contributed by atoms with Gasteiger partial charge >= 0.3 is 6.18 Å². The highest BCUT2D eigenvalue weighted by Gasteiger charge is 2.38. The molecule has 0 radical (unpaired) electrons. The molecule has 31 heavy (non-hydrogen) atoms. The molecule has 0 bridgehead atoms. The Morgan fingerprint density at radius 1 is 0.903 bits per heavy atom. The molecule has 0 aliphatic heterocycles. The Kier molecular flexibility index (Phi) is 4.35. The molecule has 0 saturated carbocycles. The normalized spacial score (nSPS) is 12.4. The molecule has 0 N–H and O–H groups in total. The highest BCUT2D eigenvalue weighted by atomic mass is 19.4. The van der Waals surface area contributed by atoms with E-state index in [1.54, 1.807) is 43.5 Å². The number of hydrogen-bond donors (Lipinski definition) is 0. The number of para-hydroxylation sites is 2. The second-order valence-corrected chi connectivity index (χ2v) is 6.97. The van der Waals surface area contributed by atoms with Crippen molar-refractivity contribution in [3.05, 3.63) is 77.7 Å². The average Bonchev–Trinajstić information content (AvgIpc) is 3.23. The molecule has 0 unspecified atom stereocenters. The zero-order chi connectivity index (χ0) is 21.6. The third-order valence-corrected chi connectivity index (χ3v) is 5.01. The average molecular weight is 420 g/mol. The SMILES string of the molecule is COc1ccc2cc(/C=C/c3nc4ccccc4n4c(C(F)(F)F)nnc34)ccc2c1. The van der Waals surface area contributed by atoms with E-state index in [9.17, 15) is 13.2 Å². The van der Waals surface area contributed by atoms with E-state index in [2.05, 4.69) is 15.2 Å². The maximum Gasteiger partial charge on any atom is 0.452 e. The molecule has 0 aliphatic rings. The van der Waals surface area contributed by atoms with Gasteiger partial charge in [-0.3, -0.25) is 4.40 Å². The van der Waals surface area contributed by atoms with Crippen molar-refractivity contribution in [1.82, 2.24) is 19.6 Å². The van der Waals surface area contributed by atoms with E-state index in [4.69, 9.17) is 4.74 Å². The molecule has 5 nitrogen and oxygen atoms in total. The number of aromatic nitrogens is 4. The summed E-state index contributed by atoms with van der Waals surface area (Å²) in [6, 6.07) is 18.2. The first-order valence-corrected chi connectivity index (χ1v) is 9.41. The maximum atomic E-state index is 13.5. The molecular formula is C23H15F3N4O. The first-order chi connectivity index (χ1) is 14.9. The number of rotatable bonds is 3. The number of fused-ring (bicyclic) bond motifs is 4. The van der Waals surface area contributed by atoms with Crippen molar-refractivity contribution in [1.29, 1.82) is 0 Å². The molecule has 0 aliphatic carbocycles. The Morgan fingerprint density at radius 3 is 2.48 bits per heavy atom. The van der Waals surface area contributed by atoms with E-state index < -0.39 is 12.0 Å². The van der Waals surface area contributed by atoms with Crippen LogP contribution in [0.5, 0.6) is 5.75 Å². The lowest BCUT2D eigenvalue weighted by Crippen LogP contribution is -2.11. The van der Waals surface area contributed by atoms with Crippen LogP contribution in [-0.2, 0) is 6.18 Å². The molecule has 154 valence electrons. The number of halogens is 3. The molecule has 2 aromatic heterocycles. The molecule has 0 amide bonds. The van der Waals surface area contributed by atoms with Crippen molar-refractivity contribution in [2.24, 2.45) is 0 Å². The first kappa shape index (κ1) is 19.0. The highest BCUT2D eigenvalue weighted by Crippen LogP contribution is 2.31. The van der Waals surface area contributed by atoms with E-state index in [0.717, 1.165) is 26.5 Å². The van der Waals surface area contributed by atoms with Crippen molar-refractivity contribution < 1.29 is 17.9 Å². The van der Waals surface area contributed by atoms with Crippen molar-refractivity contribution in [3.8, 4) is 5.75 Å². The lowest BCUT2D eigenvalue weighted by molar-refractivity contribution is -0.145. The number of methoxy groups -OCH3 is 1. The quantitative estimate of drug-likeness (QED) is 0.380. The first-order valence-electron chi connectivity index (χ1n) is 9.41. The van der Waals surface area contributed by atoms with Crippen LogP contribution in [0.2, 0.25) is 0 Å². The second-order valence-electron chi connectivity index (χ2n) is 6.97. The fourth-order valence-corrected chi connectivity index (χ4v) is 3.55. The summed E-state index contributed by atoms with van der Waals surface area (Å²) in [5.41, 5.74) is 1.95. The molecular weight excluding hydrogens is 405 g/mol. The predicted octanol–water partition coefficient (Wildman–Crippen LogP) is 5.63. The van der Waals surface area contributed by atoms with Gasteiger partial charge in [-0.2, -0.15) is 13.2 Å². The monoisotopic (exact) mass is 420 g/mol. The maximum absolute atomic E-state index is 13.5. The van der Waals surface area contributed by atoms with E-state index in [1.807, 2.05) is 36.4 Å². The van der Waals surface area contributed by atoms with Gasteiger partial charge in [-0.1, -0.05) is 36.4 Å². The van der Waals surface area contributed by atoms with Gasteiger partial charge < -0.3 is 4.74 Å². The summed E-state index contributed by atoms with van der Waals surface area (Å²) in [6.45, 7) is 0. The lowest BCUT2D eigenvalue weighted by Gasteiger charge is -2.08. The fourth-order valence-electron chi connectivity index (χ4n) is 3.55. The fraction of sp³-hybridized carbons (Fsp3) is 0.0870. The van der Waals surface area contributed by atoms with Gasteiger partial charge in [0.15, 0.2) is 5.65 Å². The van der Waals surface area contributed by atoms with Crippen LogP contribution in [0.25, 0.3) is 39.6 Å². The molecule has 2 heterocycles. The van der Waals surface area contributed by atoms with Crippen LogP contribution >= 0.6 is 0 Å². The topological polar surface area (TPSA) is 52.3 Å². The Bertz CT molecular complexity index is 1470. The Balaban J connectivity index is 1.64. The third-order valence-electron chi connectivity index (χ3n) is 5.01. The van der Waals surface area contributed by atoms with Gasteiger partial charge in [-0.05, 0) is 52.7 Å². The number of hydrogen-bond acceptors (Lipinski definition) is 4. The van der Waals surface area contributed by atoms with E-state index in [-0.39, 0.29) is 5.65 Å². The Labute approximate surface area is 174 Å². The molecule has 0 spiro atoms. The van der Waals surface area contributed by atoms with E-state index in [0.29, 0.717) is 16.7 Å². The molecule has 0 atom stereocenters. The zero-order valence-electron chi connectivity index (χ0n) is 16.3. The molecule has 5 aromatic rings. The van der Waals surface area contributed by atoms with Gasteiger partial charge in [-0.25, -0.2) is 4.98 Å². The highest BCUT2D eigenvalue weighted by molar-refractivity contribution is 5.88. The number of nitrogens with zero attached hydrogens (tertiary/aromatic N) is 4. The largest absolute Gasteiger partial charge is 0.497 e. The molecule has 0 saturated heterocycles. The summed E-state index contributed by atoms with van der Waals surface area (Å²) in [5, 5.41) is 9.21. The van der Waals surface area contributed by atoms with Crippen molar-refractivity contribution in [3.63, 3.8) is 0 Å².